The molecule has 20 heavy (non-hydrogen) atoms. The summed E-state index contributed by atoms with van der Waals surface area (Å²) in [5.41, 5.74) is 3.98. The Morgan fingerprint density at radius 2 is 1.95 bits per heavy atom. The molecular weight excluding hydrogens is 246 g/mol. The van der Waals surface area contributed by atoms with Crippen molar-refractivity contribution in [2.24, 2.45) is 0 Å². The molecule has 0 bridgehead atoms. The average molecular weight is 269 g/mol. The predicted molar refractivity (Wildman–Crippen MR) is 82.0 cm³/mol. The van der Waals surface area contributed by atoms with Gasteiger partial charge in [-0.05, 0) is 55.0 Å². The summed E-state index contributed by atoms with van der Waals surface area (Å²) in [6.07, 6.45) is 5.87. The minimum Gasteiger partial charge on any atom is -0.467 e. The van der Waals surface area contributed by atoms with Gasteiger partial charge in [-0.1, -0.05) is 37.6 Å². The van der Waals surface area contributed by atoms with E-state index in [1.807, 2.05) is 6.07 Å². The zero-order chi connectivity index (χ0) is 13.9. The predicted octanol–water partition coefficient (Wildman–Crippen LogP) is 4.55. The molecule has 0 spiro atoms. The van der Waals surface area contributed by atoms with Crippen LogP contribution < -0.4 is 5.32 Å². The molecule has 1 N–H and O–H groups in total. The van der Waals surface area contributed by atoms with Crippen LogP contribution >= 0.6 is 0 Å². The van der Waals surface area contributed by atoms with Crippen LogP contribution in [0.2, 0.25) is 0 Å². The highest BCUT2D eigenvalue weighted by Gasteiger charge is 2.21. The van der Waals surface area contributed by atoms with Crippen molar-refractivity contribution >= 4 is 0 Å². The standard InChI is InChI=1S/C18H23NO/c1-3-19-17(18-13(2)11-12-20-18)16-9-7-15(8-10-16)14-5-4-6-14/h7-12,14,17,19H,3-6H2,1-2H3. The third-order valence-electron chi connectivity index (χ3n) is 4.42. The van der Waals surface area contributed by atoms with Gasteiger partial charge in [0, 0.05) is 0 Å². The van der Waals surface area contributed by atoms with E-state index in [0.29, 0.717) is 0 Å². The number of benzene rings is 1. The second-order valence-corrected chi connectivity index (χ2v) is 5.75. The van der Waals surface area contributed by atoms with Gasteiger partial charge in [0.25, 0.3) is 0 Å². The molecule has 1 heterocycles. The summed E-state index contributed by atoms with van der Waals surface area (Å²) in [5, 5.41) is 3.53. The Hall–Kier alpha value is -1.54. The highest BCUT2D eigenvalue weighted by molar-refractivity contribution is 5.34. The van der Waals surface area contributed by atoms with Gasteiger partial charge in [0.05, 0.1) is 12.3 Å². The molecule has 1 fully saturated rings. The van der Waals surface area contributed by atoms with E-state index in [1.54, 1.807) is 6.26 Å². The lowest BCUT2D eigenvalue weighted by Gasteiger charge is -2.26. The van der Waals surface area contributed by atoms with Crippen molar-refractivity contribution < 1.29 is 4.42 Å². The summed E-state index contributed by atoms with van der Waals surface area (Å²) in [7, 11) is 0. The van der Waals surface area contributed by atoms with Crippen LogP contribution in [0.15, 0.2) is 41.0 Å². The van der Waals surface area contributed by atoms with Crippen LogP contribution in [0.5, 0.6) is 0 Å². The molecule has 0 saturated heterocycles. The first kappa shape index (κ1) is 13.4. The Kier molecular flexibility index (Phi) is 3.93. The molecule has 0 amide bonds. The van der Waals surface area contributed by atoms with Crippen molar-refractivity contribution in [3.8, 4) is 0 Å². The van der Waals surface area contributed by atoms with Crippen molar-refractivity contribution in [3.05, 3.63) is 59.0 Å². The minimum absolute atomic E-state index is 0.158. The molecule has 106 valence electrons. The van der Waals surface area contributed by atoms with Gasteiger partial charge in [0.15, 0.2) is 0 Å². The highest BCUT2D eigenvalue weighted by Crippen LogP contribution is 2.37. The van der Waals surface area contributed by atoms with E-state index in [-0.39, 0.29) is 6.04 Å². The third-order valence-corrected chi connectivity index (χ3v) is 4.42. The molecule has 1 unspecified atom stereocenters. The number of hydrogen-bond acceptors (Lipinski definition) is 2. The molecule has 0 radical (unpaired) electrons. The van der Waals surface area contributed by atoms with E-state index in [2.05, 4.69) is 43.4 Å². The van der Waals surface area contributed by atoms with E-state index >= 15 is 0 Å². The SMILES string of the molecule is CCNC(c1ccc(C2CCC2)cc1)c1occc1C. The maximum absolute atomic E-state index is 5.68. The Bertz CT molecular complexity index is 551. The fourth-order valence-corrected chi connectivity index (χ4v) is 2.95. The maximum atomic E-state index is 5.68. The first-order valence-corrected chi connectivity index (χ1v) is 7.67. The highest BCUT2D eigenvalue weighted by atomic mass is 16.3. The Morgan fingerprint density at radius 1 is 1.20 bits per heavy atom. The normalized spacial score (nSPS) is 16.9. The zero-order valence-corrected chi connectivity index (χ0v) is 12.4. The summed E-state index contributed by atoms with van der Waals surface area (Å²) in [6.45, 7) is 5.16. The monoisotopic (exact) mass is 269 g/mol. The molecule has 1 aliphatic carbocycles. The van der Waals surface area contributed by atoms with Crippen molar-refractivity contribution in [1.29, 1.82) is 0 Å². The lowest BCUT2D eigenvalue weighted by atomic mass is 9.80. The second kappa shape index (κ2) is 5.84. The Morgan fingerprint density at radius 3 is 2.45 bits per heavy atom. The molecule has 3 rings (SSSR count). The number of nitrogens with one attached hydrogen (secondary N) is 1. The number of rotatable bonds is 5. The fourth-order valence-electron chi connectivity index (χ4n) is 2.95. The average Bonchev–Trinajstić information content (AvgIpc) is 2.81. The van der Waals surface area contributed by atoms with Crippen molar-refractivity contribution in [3.63, 3.8) is 0 Å². The number of hydrogen-bond donors (Lipinski definition) is 1. The minimum atomic E-state index is 0.158. The summed E-state index contributed by atoms with van der Waals surface area (Å²) >= 11 is 0. The van der Waals surface area contributed by atoms with Gasteiger partial charge in [-0.3, -0.25) is 0 Å². The van der Waals surface area contributed by atoms with Gasteiger partial charge in [0.1, 0.15) is 5.76 Å². The van der Waals surface area contributed by atoms with Crippen molar-refractivity contribution in [2.45, 2.75) is 45.1 Å². The maximum Gasteiger partial charge on any atom is 0.128 e. The van der Waals surface area contributed by atoms with Crippen LogP contribution in [-0.4, -0.2) is 6.54 Å². The van der Waals surface area contributed by atoms with Crippen molar-refractivity contribution in [1.82, 2.24) is 5.32 Å². The van der Waals surface area contributed by atoms with Crippen LogP contribution in [0.25, 0.3) is 0 Å². The molecule has 2 heteroatoms. The topological polar surface area (TPSA) is 25.2 Å². The van der Waals surface area contributed by atoms with Crippen LogP contribution in [-0.2, 0) is 0 Å². The molecule has 0 aliphatic heterocycles. The molecule has 1 aromatic heterocycles. The summed E-state index contributed by atoms with van der Waals surface area (Å²) < 4.78 is 5.68. The van der Waals surface area contributed by atoms with E-state index in [1.165, 1.54) is 36.0 Å². The lowest BCUT2D eigenvalue weighted by Crippen LogP contribution is -2.22. The number of furan rings is 1. The number of aryl methyl sites for hydroxylation is 1. The second-order valence-electron chi connectivity index (χ2n) is 5.75. The van der Waals surface area contributed by atoms with Gasteiger partial charge in [0.2, 0.25) is 0 Å². The van der Waals surface area contributed by atoms with Gasteiger partial charge in [-0.25, -0.2) is 0 Å². The first-order valence-electron chi connectivity index (χ1n) is 7.67. The lowest BCUT2D eigenvalue weighted by molar-refractivity contribution is 0.419. The van der Waals surface area contributed by atoms with Gasteiger partial charge >= 0.3 is 0 Å². The van der Waals surface area contributed by atoms with Gasteiger partial charge in [-0.2, -0.15) is 0 Å². The first-order chi connectivity index (χ1) is 9.79. The van der Waals surface area contributed by atoms with Crippen LogP contribution in [0.3, 0.4) is 0 Å². The van der Waals surface area contributed by atoms with E-state index < -0.39 is 0 Å². The molecule has 1 aromatic carbocycles. The van der Waals surface area contributed by atoms with Gasteiger partial charge in [-0.15, -0.1) is 0 Å². The molecule has 1 aliphatic rings. The van der Waals surface area contributed by atoms with Crippen LogP contribution in [0.4, 0.5) is 0 Å². The quantitative estimate of drug-likeness (QED) is 0.861. The third kappa shape index (κ3) is 2.53. The van der Waals surface area contributed by atoms with E-state index in [9.17, 15) is 0 Å². The summed E-state index contributed by atoms with van der Waals surface area (Å²) in [6, 6.07) is 11.3. The fraction of sp³-hybridized carbons (Fsp3) is 0.444. The summed E-state index contributed by atoms with van der Waals surface area (Å²) in [5.74, 6) is 1.83. The largest absolute Gasteiger partial charge is 0.467 e. The van der Waals surface area contributed by atoms with Gasteiger partial charge < -0.3 is 9.73 Å². The molecular formula is C18H23NO. The molecule has 1 atom stereocenters. The smallest absolute Gasteiger partial charge is 0.128 e. The van der Waals surface area contributed by atoms with Crippen molar-refractivity contribution in [2.75, 3.05) is 6.54 Å². The van der Waals surface area contributed by atoms with Crippen LogP contribution in [0.1, 0.15) is 60.6 Å². The molecule has 2 aromatic rings. The van der Waals surface area contributed by atoms with E-state index in [0.717, 1.165) is 18.2 Å². The Balaban J connectivity index is 1.85. The van der Waals surface area contributed by atoms with Crippen LogP contribution in [0, 0.1) is 6.92 Å². The molecule has 1 saturated carbocycles. The van der Waals surface area contributed by atoms with E-state index in [4.69, 9.17) is 4.42 Å². The Labute approximate surface area is 121 Å². The molecule has 2 nitrogen and oxygen atoms in total. The zero-order valence-electron chi connectivity index (χ0n) is 12.4. The summed E-state index contributed by atoms with van der Waals surface area (Å²) in [4.78, 5) is 0.